The molecule has 0 aliphatic carbocycles. The van der Waals surface area contributed by atoms with Crippen molar-refractivity contribution in [2.24, 2.45) is 12.5 Å². The molecule has 0 aromatic carbocycles. The zero-order valence-electron chi connectivity index (χ0n) is 11.3. The minimum Gasteiger partial charge on any atom is -0.350 e. The van der Waals surface area contributed by atoms with E-state index in [9.17, 15) is 4.79 Å². The third-order valence-corrected chi connectivity index (χ3v) is 3.90. The zero-order valence-corrected chi connectivity index (χ0v) is 12.9. The maximum atomic E-state index is 12.1. The highest BCUT2D eigenvalue weighted by Gasteiger charge is 2.27. The smallest absolute Gasteiger partial charge is 0.267 e. The van der Waals surface area contributed by atoms with Crippen molar-refractivity contribution >= 4 is 29.9 Å². The van der Waals surface area contributed by atoms with Crippen LogP contribution in [-0.2, 0) is 7.05 Å². The molecule has 0 atom stereocenters. The summed E-state index contributed by atoms with van der Waals surface area (Å²) in [5.74, 6) is -0.0517. The summed E-state index contributed by atoms with van der Waals surface area (Å²) in [5.41, 5.74) is 0.813. The Labute approximate surface area is 125 Å². The lowest BCUT2D eigenvalue weighted by Crippen LogP contribution is -2.43. The maximum absolute atomic E-state index is 12.1. The van der Waals surface area contributed by atoms with E-state index in [0.717, 1.165) is 32.5 Å². The second-order valence-corrected chi connectivity index (χ2v) is 5.83. The van der Waals surface area contributed by atoms with E-state index in [2.05, 4.69) is 17.6 Å². The minimum atomic E-state index is -0.0517. The van der Waals surface area contributed by atoms with Crippen LogP contribution in [0.1, 0.15) is 30.3 Å². The minimum absolute atomic E-state index is 0. The van der Waals surface area contributed by atoms with Crippen molar-refractivity contribution in [2.75, 3.05) is 19.6 Å². The lowest BCUT2D eigenvalue weighted by Gasteiger charge is -2.34. The van der Waals surface area contributed by atoms with Gasteiger partial charge in [-0.15, -0.1) is 12.4 Å². The quantitative estimate of drug-likeness (QED) is 0.899. The van der Waals surface area contributed by atoms with Crippen LogP contribution in [0.3, 0.4) is 0 Å². The van der Waals surface area contributed by atoms with E-state index in [1.54, 1.807) is 16.8 Å². The highest BCUT2D eigenvalue weighted by molar-refractivity contribution is 6.31. The van der Waals surface area contributed by atoms with Gasteiger partial charge in [0.05, 0.1) is 5.02 Å². The molecule has 0 bridgehead atoms. The van der Waals surface area contributed by atoms with Crippen molar-refractivity contribution in [3.8, 4) is 0 Å². The van der Waals surface area contributed by atoms with Crippen LogP contribution >= 0.6 is 24.0 Å². The van der Waals surface area contributed by atoms with Gasteiger partial charge in [0.1, 0.15) is 5.69 Å². The van der Waals surface area contributed by atoms with Gasteiger partial charge in [0.25, 0.3) is 5.91 Å². The first-order valence-corrected chi connectivity index (χ1v) is 6.69. The first-order chi connectivity index (χ1) is 8.50. The van der Waals surface area contributed by atoms with E-state index in [1.807, 2.05) is 7.05 Å². The van der Waals surface area contributed by atoms with Gasteiger partial charge in [0.15, 0.2) is 0 Å². The maximum Gasteiger partial charge on any atom is 0.267 e. The molecule has 2 N–H and O–H groups in total. The van der Waals surface area contributed by atoms with Crippen molar-refractivity contribution in [1.29, 1.82) is 0 Å². The topological polar surface area (TPSA) is 46.1 Å². The van der Waals surface area contributed by atoms with Gasteiger partial charge in [0, 0.05) is 19.8 Å². The molecule has 0 saturated carbocycles. The average molecular weight is 306 g/mol. The number of amides is 1. The van der Waals surface area contributed by atoms with Crippen molar-refractivity contribution in [3.05, 3.63) is 23.0 Å². The number of rotatable bonds is 3. The van der Waals surface area contributed by atoms with Crippen LogP contribution in [0.15, 0.2) is 12.3 Å². The fourth-order valence-electron chi connectivity index (χ4n) is 2.34. The van der Waals surface area contributed by atoms with Crippen molar-refractivity contribution < 1.29 is 4.79 Å². The predicted octanol–water partition coefficient (Wildman–Crippen LogP) is 2.22. The number of nitrogens with zero attached hydrogens (tertiary/aromatic N) is 1. The summed E-state index contributed by atoms with van der Waals surface area (Å²) in [6.07, 6.45) is 3.94. The van der Waals surface area contributed by atoms with Crippen molar-refractivity contribution in [1.82, 2.24) is 15.2 Å². The summed E-state index contributed by atoms with van der Waals surface area (Å²) in [4.78, 5) is 12.1. The van der Waals surface area contributed by atoms with Gasteiger partial charge < -0.3 is 15.2 Å². The van der Waals surface area contributed by atoms with Crippen LogP contribution in [0.2, 0.25) is 5.02 Å². The van der Waals surface area contributed by atoms with Gasteiger partial charge in [-0.25, -0.2) is 0 Å². The Bertz CT molecular complexity index is 439. The summed E-state index contributed by atoms with van der Waals surface area (Å²) in [6.45, 7) is 5.01. The number of carbonyl (C=O) groups excluding carboxylic acids is 1. The number of aromatic nitrogens is 1. The van der Waals surface area contributed by atoms with Crippen LogP contribution in [0.4, 0.5) is 0 Å². The Balaban J connectivity index is 0.00000180. The van der Waals surface area contributed by atoms with E-state index in [1.165, 1.54) is 0 Å². The fraction of sp³-hybridized carbons (Fsp3) is 0.615. The number of carbonyl (C=O) groups is 1. The van der Waals surface area contributed by atoms with Gasteiger partial charge in [-0.1, -0.05) is 18.5 Å². The van der Waals surface area contributed by atoms with Crippen molar-refractivity contribution in [3.63, 3.8) is 0 Å². The lowest BCUT2D eigenvalue weighted by atomic mass is 9.81. The monoisotopic (exact) mass is 305 g/mol. The number of hydrogen-bond acceptors (Lipinski definition) is 2. The Morgan fingerprint density at radius 3 is 2.68 bits per heavy atom. The van der Waals surface area contributed by atoms with Crippen LogP contribution in [0.5, 0.6) is 0 Å². The SMILES string of the molecule is Cl.Cn1cc(Cl)cc1C(=O)NCC1(C)CCNCC1. The van der Waals surface area contributed by atoms with Crippen LogP contribution in [0, 0.1) is 5.41 Å². The molecule has 2 rings (SSSR count). The first kappa shape index (κ1) is 16.3. The van der Waals surface area contributed by atoms with Crippen LogP contribution < -0.4 is 10.6 Å². The molecular formula is C13H21Cl2N3O. The van der Waals surface area contributed by atoms with Gasteiger partial charge in [-0.05, 0) is 37.4 Å². The largest absolute Gasteiger partial charge is 0.350 e. The summed E-state index contributed by atoms with van der Waals surface area (Å²) < 4.78 is 1.75. The summed E-state index contributed by atoms with van der Waals surface area (Å²) in [6, 6.07) is 1.70. The third kappa shape index (κ3) is 4.13. The van der Waals surface area contributed by atoms with Crippen molar-refractivity contribution in [2.45, 2.75) is 19.8 Å². The Morgan fingerprint density at radius 2 is 2.16 bits per heavy atom. The molecule has 1 aromatic heterocycles. The molecule has 1 saturated heterocycles. The highest BCUT2D eigenvalue weighted by atomic mass is 35.5. The second kappa shape index (κ2) is 6.64. The number of aryl methyl sites for hydroxylation is 1. The third-order valence-electron chi connectivity index (χ3n) is 3.69. The number of piperidine rings is 1. The molecule has 2 heterocycles. The molecular weight excluding hydrogens is 285 g/mol. The highest BCUT2D eigenvalue weighted by Crippen LogP contribution is 2.26. The normalized spacial score (nSPS) is 17.6. The molecule has 1 fully saturated rings. The van der Waals surface area contributed by atoms with Gasteiger partial charge in [-0.2, -0.15) is 0 Å². The molecule has 0 radical (unpaired) electrons. The molecule has 19 heavy (non-hydrogen) atoms. The molecule has 1 aliphatic heterocycles. The Morgan fingerprint density at radius 1 is 1.53 bits per heavy atom. The standard InChI is InChI=1S/C13H20ClN3O.ClH/c1-13(3-5-15-6-4-13)9-16-12(18)11-7-10(14)8-17(11)2;/h7-8,15H,3-6,9H2,1-2H3,(H,16,18);1H. The molecule has 0 unspecified atom stereocenters. The molecule has 1 aliphatic rings. The van der Waals surface area contributed by atoms with Crippen LogP contribution in [0.25, 0.3) is 0 Å². The number of nitrogens with one attached hydrogen (secondary N) is 2. The first-order valence-electron chi connectivity index (χ1n) is 6.31. The molecule has 1 amide bonds. The molecule has 1 aromatic rings. The zero-order chi connectivity index (χ0) is 13.2. The molecule has 4 nitrogen and oxygen atoms in total. The van der Waals surface area contributed by atoms with E-state index >= 15 is 0 Å². The van der Waals surface area contributed by atoms with E-state index < -0.39 is 0 Å². The summed E-state index contributed by atoms with van der Waals surface area (Å²) >= 11 is 5.88. The van der Waals surface area contributed by atoms with E-state index in [4.69, 9.17) is 11.6 Å². The number of hydrogen-bond donors (Lipinski definition) is 2. The lowest BCUT2D eigenvalue weighted by molar-refractivity contribution is 0.0914. The molecule has 6 heteroatoms. The van der Waals surface area contributed by atoms with Gasteiger partial charge in [0.2, 0.25) is 0 Å². The number of halogens is 2. The summed E-state index contributed by atoms with van der Waals surface area (Å²) in [5, 5.41) is 6.95. The van der Waals surface area contributed by atoms with Gasteiger partial charge >= 0.3 is 0 Å². The fourth-order valence-corrected chi connectivity index (χ4v) is 2.59. The Hall–Kier alpha value is -0.710. The predicted molar refractivity (Wildman–Crippen MR) is 80.2 cm³/mol. The van der Waals surface area contributed by atoms with Crippen LogP contribution in [-0.4, -0.2) is 30.1 Å². The molecule has 0 spiro atoms. The molecule has 108 valence electrons. The van der Waals surface area contributed by atoms with E-state index in [0.29, 0.717) is 10.7 Å². The second-order valence-electron chi connectivity index (χ2n) is 5.40. The average Bonchev–Trinajstić information content (AvgIpc) is 2.67. The Kier molecular flexibility index (Phi) is 5.71. The summed E-state index contributed by atoms with van der Waals surface area (Å²) in [7, 11) is 1.83. The van der Waals surface area contributed by atoms with Gasteiger partial charge in [-0.3, -0.25) is 4.79 Å². The van der Waals surface area contributed by atoms with E-state index in [-0.39, 0.29) is 23.7 Å².